The van der Waals surface area contributed by atoms with Crippen LogP contribution in [0.4, 0.5) is 10.3 Å². The van der Waals surface area contributed by atoms with E-state index in [1.54, 1.807) is 19.9 Å². The first-order valence-electron chi connectivity index (χ1n) is 11.5. The molecule has 11 heteroatoms. The summed E-state index contributed by atoms with van der Waals surface area (Å²) in [4.78, 5) is 20.7. The first-order chi connectivity index (χ1) is 16.7. The molecular weight excluding hydrogens is 489 g/mol. The highest BCUT2D eigenvalue weighted by Gasteiger charge is 2.23. The molecule has 9 nitrogen and oxygen atoms in total. The molecule has 1 aromatic heterocycles. The minimum atomic E-state index is -3.65. The standard InChI is InChI=1S/C25H34FN3O6S/c1-15(2)23-21(12-11-19(30)13-20(31)14-22(32)35-16(3)4)24(17-7-9-18(26)10-8-17)28-25(27-23)29(5)36(6,33)34/h7-12,15-16,19-20,30-31H,13-14H2,1-6H3/b12-11+/t19-,20-/m1/s1. The zero-order valence-corrected chi connectivity index (χ0v) is 22.2. The van der Waals surface area contributed by atoms with Crippen molar-refractivity contribution in [1.82, 2.24) is 9.97 Å². The van der Waals surface area contributed by atoms with E-state index in [1.807, 2.05) is 13.8 Å². The fourth-order valence-electron chi connectivity index (χ4n) is 3.35. The van der Waals surface area contributed by atoms with Gasteiger partial charge < -0.3 is 14.9 Å². The number of hydrogen-bond acceptors (Lipinski definition) is 8. The van der Waals surface area contributed by atoms with Gasteiger partial charge in [0.05, 0.1) is 42.4 Å². The van der Waals surface area contributed by atoms with E-state index in [0.29, 0.717) is 22.5 Å². The zero-order valence-electron chi connectivity index (χ0n) is 21.3. The molecule has 0 radical (unpaired) electrons. The summed E-state index contributed by atoms with van der Waals surface area (Å²) in [6.07, 6.45) is 1.18. The number of carbonyl (C=O) groups excluding carboxylic acids is 1. The lowest BCUT2D eigenvalue weighted by Crippen LogP contribution is -2.27. The first kappa shape index (κ1) is 29.3. The van der Waals surface area contributed by atoms with E-state index in [1.165, 1.54) is 37.4 Å². The summed E-state index contributed by atoms with van der Waals surface area (Å²) in [7, 11) is -2.31. The van der Waals surface area contributed by atoms with Gasteiger partial charge in [-0.25, -0.2) is 27.1 Å². The second-order valence-corrected chi connectivity index (χ2v) is 11.1. The predicted molar refractivity (Wildman–Crippen MR) is 136 cm³/mol. The van der Waals surface area contributed by atoms with E-state index < -0.39 is 34.0 Å². The number of carbonyl (C=O) groups is 1. The third-order valence-corrected chi connectivity index (χ3v) is 6.33. The summed E-state index contributed by atoms with van der Waals surface area (Å²) in [5.41, 5.74) is 1.90. The van der Waals surface area contributed by atoms with Crippen LogP contribution in [-0.2, 0) is 19.6 Å². The van der Waals surface area contributed by atoms with Crippen molar-refractivity contribution in [2.45, 2.75) is 64.8 Å². The van der Waals surface area contributed by atoms with E-state index in [4.69, 9.17) is 4.74 Å². The van der Waals surface area contributed by atoms with E-state index >= 15 is 0 Å². The highest BCUT2D eigenvalue weighted by atomic mass is 32.2. The molecule has 0 saturated heterocycles. The normalized spacial score (nSPS) is 13.9. The monoisotopic (exact) mass is 523 g/mol. The number of aliphatic hydroxyl groups is 2. The van der Waals surface area contributed by atoms with Crippen molar-refractivity contribution >= 4 is 28.0 Å². The largest absolute Gasteiger partial charge is 0.463 e. The molecule has 0 spiro atoms. The van der Waals surface area contributed by atoms with Gasteiger partial charge >= 0.3 is 5.97 Å². The van der Waals surface area contributed by atoms with Gasteiger partial charge in [0.1, 0.15) is 5.82 Å². The van der Waals surface area contributed by atoms with Gasteiger partial charge in [-0.05, 0) is 44.0 Å². The molecule has 198 valence electrons. The zero-order chi connectivity index (χ0) is 27.2. The number of nitrogens with zero attached hydrogens (tertiary/aromatic N) is 3. The Bertz CT molecular complexity index is 1180. The number of esters is 1. The molecule has 0 amide bonds. The summed E-state index contributed by atoms with van der Waals surface area (Å²) < 4.78 is 43.8. The molecule has 1 aromatic carbocycles. The number of hydrogen-bond donors (Lipinski definition) is 2. The second kappa shape index (κ2) is 12.4. The lowest BCUT2D eigenvalue weighted by atomic mass is 9.97. The van der Waals surface area contributed by atoms with Crippen LogP contribution >= 0.6 is 0 Å². The average molecular weight is 524 g/mol. The van der Waals surface area contributed by atoms with Gasteiger partial charge in [0.15, 0.2) is 0 Å². The van der Waals surface area contributed by atoms with Crippen LogP contribution < -0.4 is 4.31 Å². The Morgan fingerprint density at radius 2 is 1.75 bits per heavy atom. The van der Waals surface area contributed by atoms with Gasteiger partial charge in [-0.3, -0.25) is 4.79 Å². The SMILES string of the molecule is CC(C)OC(=O)C[C@H](O)C[C@H](O)/C=C/c1c(-c2ccc(F)cc2)nc(N(C)S(C)(=O)=O)nc1C(C)C. The maximum atomic E-state index is 13.6. The van der Waals surface area contributed by atoms with Crippen molar-refractivity contribution in [2.75, 3.05) is 17.6 Å². The molecule has 1 heterocycles. The predicted octanol–water partition coefficient (Wildman–Crippen LogP) is 3.27. The van der Waals surface area contributed by atoms with Crippen molar-refractivity contribution in [2.24, 2.45) is 0 Å². The molecule has 0 saturated carbocycles. The molecule has 36 heavy (non-hydrogen) atoms. The molecule has 2 N–H and O–H groups in total. The number of sulfonamides is 1. The van der Waals surface area contributed by atoms with Crippen LogP contribution in [0.1, 0.15) is 57.7 Å². The fourth-order valence-corrected chi connectivity index (χ4v) is 3.73. The molecular formula is C25H34FN3O6S. The van der Waals surface area contributed by atoms with Crippen LogP contribution in [-0.4, -0.2) is 66.2 Å². The molecule has 2 aromatic rings. The molecule has 0 aliphatic heterocycles. The lowest BCUT2D eigenvalue weighted by molar-refractivity contribution is -0.149. The highest BCUT2D eigenvalue weighted by molar-refractivity contribution is 7.92. The Kier molecular flexibility index (Phi) is 10.1. The summed E-state index contributed by atoms with van der Waals surface area (Å²) in [6, 6.07) is 5.57. The minimum absolute atomic E-state index is 0.0442. The number of aromatic nitrogens is 2. The molecule has 2 atom stereocenters. The summed E-state index contributed by atoms with van der Waals surface area (Å²) in [5, 5.41) is 20.6. The van der Waals surface area contributed by atoms with Gasteiger partial charge in [-0.1, -0.05) is 26.0 Å². The van der Waals surface area contributed by atoms with Crippen molar-refractivity contribution in [1.29, 1.82) is 0 Å². The number of halogens is 1. The summed E-state index contributed by atoms with van der Waals surface area (Å²) in [6.45, 7) is 7.15. The molecule has 2 rings (SSSR count). The maximum absolute atomic E-state index is 13.6. The highest BCUT2D eigenvalue weighted by Crippen LogP contribution is 2.31. The Morgan fingerprint density at radius 3 is 2.28 bits per heavy atom. The van der Waals surface area contributed by atoms with Gasteiger partial charge in [0, 0.05) is 24.6 Å². The van der Waals surface area contributed by atoms with E-state index in [-0.39, 0.29) is 30.8 Å². The maximum Gasteiger partial charge on any atom is 0.308 e. The van der Waals surface area contributed by atoms with Gasteiger partial charge in [-0.15, -0.1) is 0 Å². The van der Waals surface area contributed by atoms with Crippen LogP contribution in [0, 0.1) is 5.82 Å². The number of aliphatic hydroxyl groups excluding tert-OH is 2. The number of ether oxygens (including phenoxy) is 1. The van der Waals surface area contributed by atoms with Crippen LogP contribution in [0.3, 0.4) is 0 Å². The van der Waals surface area contributed by atoms with Gasteiger partial charge in [0.25, 0.3) is 0 Å². The Morgan fingerprint density at radius 1 is 1.14 bits per heavy atom. The van der Waals surface area contributed by atoms with Gasteiger partial charge in [-0.2, -0.15) is 0 Å². The molecule has 0 unspecified atom stereocenters. The second-order valence-electron chi connectivity index (χ2n) is 9.12. The molecule has 0 fully saturated rings. The molecule has 0 aliphatic rings. The quantitative estimate of drug-likeness (QED) is 0.429. The Labute approximate surface area is 211 Å². The van der Waals surface area contributed by atoms with Crippen molar-refractivity contribution in [3.63, 3.8) is 0 Å². The van der Waals surface area contributed by atoms with E-state index in [0.717, 1.165) is 10.6 Å². The lowest BCUT2D eigenvalue weighted by Gasteiger charge is -2.20. The Balaban J connectivity index is 2.48. The number of rotatable bonds is 11. The minimum Gasteiger partial charge on any atom is -0.463 e. The van der Waals surface area contributed by atoms with Crippen molar-refractivity contribution in [3.8, 4) is 11.3 Å². The van der Waals surface area contributed by atoms with Crippen LogP contribution in [0.25, 0.3) is 17.3 Å². The number of benzene rings is 1. The van der Waals surface area contributed by atoms with Crippen LogP contribution in [0.15, 0.2) is 30.3 Å². The van der Waals surface area contributed by atoms with E-state index in [9.17, 15) is 27.8 Å². The number of anilines is 1. The Hall–Kier alpha value is -2.89. The third kappa shape index (κ3) is 8.35. The average Bonchev–Trinajstić information content (AvgIpc) is 2.75. The van der Waals surface area contributed by atoms with Crippen molar-refractivity contribution < 1.29 is 32.6 Å². The smallest absolute Gasteiger partial charge is 0.308 e. The summed E-state index contributed by atoms with van der Waals surface area (Å²) >= 11 is 0. The third-order valence-electron chi connectivity index (χ3n) is 5.18. The van der Waals surface area contributed by atoms with Crippen molar-refractivity contribution in [3.05, 3.63) is 47.4 Å². The summed E-state index contributed by atoms with van der Waals surface area (Å²) in [5.74, 6) is -1.21. The topological polar surface area (TPSA) is 130 Å². The fraction of sp³-hybridized carbons (Fsp3) is 0.480. The first-order valence-corrected chi connectivity index (χ1v) is 13.4. The van der Waals surface area contributed by atoms with Gasteiger partial charge in [0.2, 0.25) is 16.0 Å². The van der Waals surface area contributed by atoms with Crippen LogP contribution in [0.2, 0.25) is 0 Å². The van der Waals surface area contributed by atoms with E-state index in [2.05, 4.69) is 9.97 Å². The molecule has 0 bridgehead atoms. The molecule has 0 aliphatic carbocycles. The van der Waals surface area contributed by atoms with Crippen LogP contribution in [0.5, 0.6) is 0 Å².